The van der Waals surface area contributed by atoms with Crippen LogP contribution in [0.25, 0.3) is 0 Å². The van der Waals surface area contributed by atoms with E-state index in [1.54, 1.807) is 0 Å². The number of hydrogen-bond acceptors (Lipinski definition) is 2. The molecule has 1 unspecified atom stereocenters. The van der Waals surface area contributed by atoms with Gasteiger partial charge >= 0.3 is 6.18 Å². The first-order valence-corrected chi connectivity index (χ1v) is 6.79. The molecule has 9 heteroatoms. The average molecular weight is 340 g/mol. The molecule has 2 rings (SSSR count). The molecule has 23 heavy (non-hydrogen) atoms. The minimum Gasteiger partial charge on any atom is -0.329 e. The number of hydrogen-bond donors (Lipinski definition) is 1. The summed E-state index contributed by atoms with van der Waals surface area (Å²) >= 11 is 0. The number of nitrogens with two attached hydrogens (primary N) is 1. The summed E-state index contributed by atoms with van der Waals surface area (Å²) in [5.74, 6) is -6.02. The van der Waals surface area contributed by atoms with Gasteiger partial charge in [-0.15, -0.1) is 0 Å². The molecule has 1 saturated heterocycles. The fourth-order valence-corrected chi connectivity index (χ4v) is 2.86. The van der Waals surface area contributed by atoms with E-state index in [2.05, 4.69) is 0 Å². The van der Waals surface area contributed by atoms with Gasteiger partial charge < -0.3 is 10.6 Å². The number of carbonyl (C=O) groups excluding carboxylic acids is 1. The molecule has 1 heterocycles. The van der Waals surface area contributed by atoms with Gasteiger partial charge in [-0.2, -0.15) is 13.2 Å². The fourth-order valence-electron chi connectivity index (χ4n) is 2.86. The van der Waals surface area contributed by atoms with Crippen molar-refractivity contribution in [2.24, 2.45) is 5.73 Å². The highest BCUT2D eigenvalue weighted by Crippen LogP contribution is 2.37. The molecule has 0 spiro atoms. The van der Waals surface area contributed by atoms with Gasteiger partial charge in [-0.3, -0.25) is 4.79 Å². The molecular weight excluding hydrogens is 326 g/mol. The Kier molecular flexibility index (Phi) is 4.61. The SMILES string of the molecule is C[C@@H]1[C@H](c2c(F)ccc(F)c2F)CC(N)C(=O)N1CC(F)(F)F. The first kappa shape index (κ1) is 17.6. The Morgan fingerprint density at radius 1 is 1.22 bits per heavy atom. The molecule has 2 N–H and O–H groups in total. The van der Waals surface area contributed by atoms with E-state index in [4.69, 9.17) is 5.73 Å². The minimum atomic E-state index is -4.69. The van der Waals surface area contributed by atoms with Crippen molar-refractivity contribution in [3.05, 3.63) is 35.1 Å². The molecule has 0 radical (unpaired) electrons. The Labute approximate surface area is 128 Å². The lowest BCUT2D eigenvalue weighted by Crippen LogP contribution is -2.57. The maximum Gasteiger partial charge on any atom is 0.406 e. The van der Waals surface area contributed by atoms with Crippen LogP contribution in [0.15, 0.2) is 12.1 Å². The van der Waals surface area contributed by atoms with Crippen LogP contribution in [0.2, 0.25) is 0 Å². The van der Waals surface area contributed by atoms with Crippen molar-refractivity contribution in [1.82, 2.24) is 4.90 Å². The summed E-state index contributed by atoms with van der Waals surface area (Å²) in [6, 6.07) is -1.26. The molecule has 3 atom stereocenters. The first-order valence-electron chi connectivity index (χ1n) is 6.79. The summed E-state index contributed by atoms with van der Waals surface area (Å²) < 4.78 is 79.1. The monoisotopic (exact) mass is 340 g/mol. The number of rotatable bonds is 2. The van der Waals surface area contributed by atoms with Crippen LogP contribution in [-0.4, -0.2) is 35.6 Å². The molecule has 1 aliphatic heterocycles. The number of halogens is 6. The molecule has 1 fully saturated rings. The highest BCUT2D eigenvalue weighted by Gasteiger charge is 2.45. The number of benzene rings is 1. The van der Waals surface area contributed by atoms with Crippen molar-refractivity contribution in [2.45, 2.75) is 37.5 Å². The van der Waals surface area contributed by atoms with Gasteiger partial charge in [0.1, 0.15) is 12.4 Å². The van der Waals surface area contributed by atoms with Crippen molar-refractivity contribution in [3.63, 3.8) is 0 Å². The van der Waals surface area contributed by atoms with Crippen molar-refractivity contribution in [1.29, 1.82) is 0 Å². The van der Waals surface area contributed by atoms with E-state index in [0.29, 0.717) is 17.0 Å². The number of likely N-dealkylation sites (tertiary alicyclic amines) is 1. The maximum absolute atomic E-state index is 13.9. The largest absolute Gasteiger partial charge is 0.406 e. The molecule has 128 valence electrons. The second kappa shape index (κ2) is 6.03. The van der Waals surface area contributed by atoms with Gasteiger partial charge in [-0.25, -0.2) is 13.2 Å². The van der Waals surface area contributed by atoms with Crippen LogP contribution in [0, 0.1) is 17.5 Å². The van der Waals surface area contributed by atoms with Gasteiger partial charge in [0, 0.05) is 17.5 Å². The van der Waals surface area contributed by atoms with Gasteiger partial charge in [0.2, 0.25) is 5.91 Å². The lowest BCUT2D eigenvalue weighted by Gasteiger charge is -2.42. The third-order valence-corrected chi connectivity index (χ3v) is 3.98. The molecule has 0 aromatic heterocycles. The van der Waals surface area contributed by atoms with E-state index < -0.39 is 59.6 Å². The van der Waals surface area contributed by atoms with Gasteiger partial charge in [0.25, 0.3) is 0 Å². The van der Waals surface area contributed by atoms with E-state index in [0.717, 1.165) is 0 Å². The van der Waals surface area contributed by atoms with Crippen LogP contribution in [0.4, 0.5) is 26.3 Å². The van der Waals surface area contributed by atoms with Crippen LogP contribution in [-0.2, 0) is 4.79 Å². The Morgan fingerprint density at radius 3 is 2.35 bits per heavy atom. The van der Waals surface area contributed by atoms with E-state index in [1.807, 2.05) is 0 Å². The molecule has 0 bridgehead atoms. The second-order valence-electron chi connectivity index (χ2n) is 5.53. The zero-order valence-corrected chi connectivity index (χ0v) is 12.0. The van der Waals surface area contributed by atoms with E-state index >= 15 is 0 Å². The number of piperidine rings is 1. The molecule has 0 saturated carbocycles. The lowest BCUT2D eigenvalue weighted by molar-refractivity contribution is -0.170. The van der Waals surface area contributed by atoms with Crippen molar-refractivity contribution in [2.75, 3.05) is 6.54 Å². The predicted octanol–water partition coefficient (Wildman–Crippen LogP) is 2.70. The third-order valence-electron chi connectivity index (χ3n) is 3.98. The summed E-state index contributed by atoms with van der Waals surface area (Å²) in [6.07, 6.45) is -4.96. The van der Waals surface area contributed by atoms with E-state index in [1.165, 1.54) is 6.92 Å². The van der Waals surface area contributed by atoms with Crippen molar-refractivity contribution in [3.8, 4) is 0 Å². The molecule has 1 aromatic rings. The predicted molar refractivity (Wildman–Crippen MR) is 68.9 cm³/mol. The molecule has 1 amide bonds. The number of alkyl halides is 3. The lowest BCUT2D eigenvalue weighted by atomic mass is 9.81. The summed E-state index contributed by atoms with van der Waals surface area (Å²) in [5.41, 5.74) is 4.83. The normalized spacial score (nSPS) is 25.8. The van der Waals surface area contributed by atoms with Crippen LogP contribution >= 0.6 is 0 Å². The smallest absolute Gasteiger partial charge is 0.329 e. The zero-order valence-electron chi connectivity index (χ0n) is 12.0. The Balaban J connectivity index is 2.44. The molecule has 1 aromatic carbocycles. The maximum atomic E-state index is 13.9. The van der Waals surface area contributed by atoms with Crippen LogP contribution in [0.1, 0.15) is 24.8 Å². The minimum absolute atomic E-state index is 0.272. The second-order valence-corrected chi connectivity index (χ2v) is 5.53. The molecule has 0 aliphatic carbocycles. The summed E-state index contributed by atoms with van der Waals surface area (Å²) in [7, 11) is 0. The van der Waals surface area contributed by atoms with Crippen LogP contribution in [0.5, 0.6) is 0 Å². The average Bonchev–Trinajstić information content (AvgIpc) is 2.44. The number of carbonyl (C=O) groups is 1. The van der Waals surface area contributed by atoms with Crippen LogP contribution < -0.4 is 5.73 Å². The van der Waals surface area contributed by atoms with E-state index in [-0.39, 0.29) is 6.42 Å². The first-order chi connectivity index (χ1) is 10.5. The summed E-state index contributed by atoms with van der Waals surface area (Å²) in [5, 5.41) is 0. The van der Waals surface area contributed by atoms with Crippen molar-refractivity contribution >= 4 is 5.91 Å². The van der Waals surface area contributed by atoms with Gasteiger partial charge in [0.05, 0.1) is 6.04 Å². The quantitative estimate of drug-likeness (QED) is 0.665. The standard InChI is InChI=1S/C14H14F6N2O/c1-6-7(11-8(15)2-3-9(16)12(11)17)4-10(21)13(23)22(6)5-14(18,19)20/h2-3,6-7,10H,4-5,21H2,1H3/t6-,7-,10?/m1/s1. The molecule has 1 aliphatic rings. The summed E-state index contributed by atoms with van der Waals surface area (Å²) in [6.45, 7) is -0.361. The van der Waals surface area contributed by atoms with Gasteiger partial charge in [0.15, 0.2) is 11.6 Å². The van der Waals surface area contributed by atoms with E-state index in [9.17, 15) is 31.1 Å². The topological polar surface area (TPSA) is 46.3 Å². The highest BCUT2D eigenvalue weighted by molar-refractivity contribution is 5.83. The van der Waals surface area contributed by atoms with Crippen LogP contribution in [0.3, 0.4) is 0 Å². The molecular formula is C14H14F6N2O. The zero-order chi connectivity index (χ0) is 17.5. The van der Waals surface area contributed by atoms with Gasteiger partial charge in [-0.1, -0.05) is 0 Å². The number of amides is 1. The summed E-state index contributed by atoms with van der Waals surface area (Å²) in [4.78, 5) is 12.3. The number of nitrogens with zero attached hydrogens (tertiary/aromatic N) is 1. The third kappa shape index (κ3) is 3.44. The van der Waals surface area contributed by atoms with Crippen molar-refractivity contribution < 1.29 is 31.1 Å². The Morgan fingerprint density at radius 2 is 1.78 bits per heavy atom. The molecule has 3 nitrogen and oxygen atoms in total. The Bertz CT molecular complexity index is 618. The Hall–Kier alpha value is -1.77. The fraction of sp³-hybridized carbons (Fsp3) is 0.500. The highest BCUT2D eigenvalue weighted by atomic mass is 19.4. The van der Waals surface area contributed by atoms with Gasteiger partial charge in [-0.05, 0) is 25.5 Å².